The van der Waals surface area contributed by atoms with Crippen molar-refractivity contribution in [2.45, 2.75) is 25.2 Å². The van der Waals surface area contributed by atoms with Crippen molar-refractivity contribution in [1.82, 2.24) is 5.32 Å². The summed E-state index contributed by atoms with van der Waals surface area (Å²) in [6.07, 6.45) is 1.83. The highest BCUT2D eigenvalue weighted by Crippen LogP contribution is 2.40. The van der Waals surface area contributed by atoms with Crippen molar-refractivity contribution in [2.75, 3.05) is 13.1 Å². The van der Waals surface area contributed by atoms with Crippen molar-refractivity contribution in [1.29, 1.82) is 0 Å². The summed E-state index contributed by atoms with van der Waals surface area (Å²) in [7, 11) is 0. The van der Waals surface area contributed by atoms with E-state index in [1.165, 1.54) is 9.13 Å². The van der Waals surface area contributed by atoms with Crippen LogP contribution in [0.1, 0.15) is 34.8 Å². The smallest absolute Gasteiger partial charge is 0.174 e. The van der Waals surface area contributed by atoms with E-state index in [-0.39, 0.29) is 5.78 Å². The second-order valence-corrected chi connectivity index (χ2v) is 6.99. The van der Waals surface area contributed by atoms with Gasteiger partial charge in [-0.25, -0.2) is 0 Å². The zero-order valence-electron chi connectivity index (χ0n) is 12.7. The number of aryl methyl sites for hydroxylation is 1. The molecule has 1 atom stereocenters. The van der Waals surface area contributed by atoms with Crippen LogP contribution in [-0.4, -0.2) is 18.9 Å². The van der Waals surface area contributed by atoms with Gasteiger partial charge in [0.05, 0.1) is 5.41 Å². The zero-order valence-corrected chi connectivity index (χ0v) is 14.9. The maximum Gasteiger partial charge on any atom is 0.174 e. The predicted octanol–water partition coefficient (Wildman–Crippen LogP) is 3.97. The Morgan fingerprint density at radius 3 is 2.64 bits per heavy atom. The SMILES string of the molecule is CCNCC1(c2ccccc2I)CCc2ccccc2C1=O. The Kier molecular flexibility index (Phi) is 4.64. The molecular formula is C19H20INO. The second kappa shape index (κ2) is 6.50. The summed E-state index contributed by atoms with van der Waals surface area (Å²) in [6, 6.07) is 16.3. The third-order valence-corrected chi connectivity index (χ3v) is 5.52. The summed E-state index contributed by atoms with van der Waals surface area (Å²) in [4.78, 5) is 13.4. The Balaban J connectivity index is 2.13. The highest BCUT2D eigenvalue weighted by Gasteiger charge is 2.44. The van der Waals surface area contributed by atoms with Crippen molar-refractivity contribution in [3.63, 3.8) is 0 Å². The Labute approximate surface area is 145 Å². The predicted molar refractivity (Wildman–Crippen MR) is 98.5 cm³/mol. The van der Waals surface area contributed by atoms with E-state index in [0.29, 0.717) is 6.54 Å². The first-order valence-electron chi connectivity index (χ1n) is 7.77. The first-order chi connectivity index (χ1) is 10.7. The van der Waals surface area contributed by atoms with Crippen LogP contribution in [0.4, 0.5) is 0 Å². The highest BCUT2D eigenvalue weighted by molar-refractivity contribution is 14.1. The van der Waals surface area contributed by atoms with E-state index in [2.05, 4.69) is 53.0 Å². The Morgan fingerprint density at radius 2 is 1.86 bits per heavy atom. The number of halogens is 1. The molecule has 3 heteroatoms. The molecule has 0 fully saturated rings. The number of fused-ring (bicyclic) bond motifs is 1. The third kappa shape index (κ3) is 2.61. The summed E-state index contributed by atoms with van der Waals surface area (Å²) in [5.41, 5.74) is 2.80. The minimum absolute atomic E-state index is 0.263. The monoisotopic (exact) mass is 405 g/mol. The number of rotatable bonds is 4. The number of benzene rings is 2. The molecule has 1 aliphatic rings. The van der Waals surface area contributed by atoms with Crippen molar-refractivity contribution in [3.8, 4) is 0 Å². The molecule has 22 heavy (non-hydrogen) atoms. The van der Waals surface area contributed by atoms with Gasteiger partial charge in [0.15, 0.2) is 5.78 Å². The topological polar surface area (TPSA) is 29.1 Å². The zero-order chi connectivity index (χ0) is 15.6. The minimum atomic E-state index is -0.442. The van der Waals surface area contributed by atoms with Gasteiger partial charge in [-0.2, -0.15) is 0 Å². The highest BCUT2D eigenvalue weighted by atomic mass is 127. The van der Waals surface area contributed by atoms with Gasteiger partial charge in [0.1, 0.15) is 0 Å². The summed E-state index contributed by atoms with van der Waals surface area (Å²) >= 11 is 2.35. The molecule has 0 bridgehead atoms. The molecule has 0 aromatic heterocycles. The minimum Gasteiger partial charge on any atom is -0.316 e. The van der Waals surface area contributed by atoms with Crippen LogP contribution < -0.4 is 5.32 Å². The molecule has 1 aliphatic carbocycles. The van der Waals surface area contributed by atoms with Crippen LogP contribution in [0.25, 0.3) is 0 Å². The van der Waals surface area contributed by atoms with Gasteiger partial charge in [0.2, 0.25) is 0 Å². The molecule has 0 saturated heterocycles. The largest absolute Gasteiger partial charge is 0.316 e. The van der Waals surface area contributed by atoms with E-state index in [1.807, 2.05) is 30.3 Å². The lowest BCUT2D eigenvalue weighted by molar-refractivity contribution is 0.0857. The Hall–Kier alpha value is -1.20. The molecule has 0 aliphatic heterocycles. The van der Waals surface area contributed by atoms with Crippen LogP contribution in [0, 0.1) is 3.57 Å². The van der Waals surface area contributed by atoms with Crippen LogP contribution in [-0.2, 0) is 11.8 Å². The molecule has 0 heterocycles. The van der Waals surface area contributed by atoms with Crippen LogP contribution in [0.2, 0.25) is 0 Å². The average Bonchev–Trinajstić information content (AvgIpc) is 2.56. The van der Waals surface area contributed by atoms with Crippen molar-refractivity contribution in [3.05, 3.63) is 68.8 Å². The number of Topliss-reactive ketones (excluding diaryl/α,β-unsaturated/α-hetero) is 1. The molecule has 2 aromatic carbocycles. The van der Waals surface area contributed by atoms with Gasteiger partial charge in [-0.1, -0.05) is 49.4 Å². The van der Waals surface area contributed by atoms with E-state index in [4.69, 9.17) is 0 Å². The first kappa shape index (κ1) is 15.7. The molecule has 1 N–H and O–H groups in total. The second-order valence-electron chi connectivity index (χ2n) is 5.83. The lowest BCUT2D eigenvalue weighted by Crippen LogP contribution is -2.48. The van der Waals surface area contributed by atoms with Crippen LogP contribution in [0.15, 0.2) is 48.5 Å². The Bertz CT molecular complexity index is 697. The number of carbonyl (C=O) groups excluding carboxylic acids is 1. The molecule has 114 valence electrons. The van der Waals surface area contributed by atoms with Crippen LogP contribution in [0.5, 0.6) is 0 Å². The molecule has 2 nitrogen and oxygen atoms in total. The number of ketones is 1. The van der Waals surface area contributed by atoms with Crippen LogP contribution in [0.3, 0.4) is 0 Å². The number of likely N-dealkylation sites (N-methyl/N-ethyl adjacent to an activating group) is 1. The molecule has 2 aromatic rings. The molecule has 0 amide bonds. The summed E-state index contributed by atoms with van der Waals surface area (Å²) in [5, 5.41) is 3.42. The van der Waals surface area contributed by atoms with Gasteiger partial charge in [-0.3, -0.25) is 4.79 Å². The van der Waals surface area contributed by atoms with Gasteiger partial charge >= 0.3 is 0 Å². The van der Waals surface area contributed by atoms with Crippen molar-refractivity contribution < 1.29 is 4.79 Å². The van der Waals surface area contributed by atoms with Gasteiger partial charge in [0.25, 0.3) is 0 Å². The maximum atomic E-state index is 13.4. The lowest BCUT2D eigenvalue weighted by atomic mass is 9.66. The molecule has 1 unspecified atom stereocenters. The summed E-state index contributed by atoms with van der Waals surface area (Å²) in [5.74, 6) is 0.263. The lowest BCUT2D eigenvalue weighted by Gasteiger charge is -2.38. The number of hydrogen-bond acceptors (Lipinski definition) is 2. The standard InChI is InChI=1S/C19H20INO/c1-2-21-13-19(16-9-5-6-10-17(16)20)12-11-14-7-3-4-8-15(14)18(19)22/h3-10,21H,2,11-13H2,1H3. The van der Waals surface area contributed by atoms with Crippen molar-refractivity contribution >= 4 is 28.4 Å². The third-order valence-electron chi connectivity index (χ3n) is 4.58. The first-order valence-corrected chi connectivity index (χ1v) is 8.85. The van der Waals surface area contributed by atoms with Gasteiger partial charge < -0.3 is 5.32 Å². The van der Waals surface area contributed by atoms with Crippen molar-refractivity contribution in [2.24, 2.45) is 0 Å². The molecule has 0 radical (unpaired) electrons. The van der Waals surface area contributed by atoms with E-state index >= 15 is 0 Å². The van der Waals surface area contributed by atoms with Gasteiger partial charge in [-0.05, 0) is 59.2 Å². The quantitative estimate of drug-likeness (QED) is 0.781. The van der Waals surface area contributed by atoms with E-state index in [9.17, 15) is 4.79 Å². The Morgan fingerprint density at radius 1 is 1.14 bits per heavy atom. The van der Waals surface area contributed by atoms with Crippen LogP contribution >= 0.6 is 22.6 Å². The molecule has 0 saturated carbocycles. The van der Waals surface area contributed by atoms with E-state index in [1.54, 1.807) is 0 Å². The number of hydrogen-bond donors (Lipinski definition) is 1. The molecule has 0 spiro atoms. The maximum absolute atomic E-state index is 13.4. The summed E-state index contributed by atoms with van der Waals surface area (Å²) < 4.78 is 1.17. The molecular weight excluding hydrogens is 385 g/mol. The average molecular weight is 405 g/mol. The normalized spacial score (nSPS) is 20.7. The van der Waals surface area contributed by atoms with E-state index in [0.717, 1.165) is 30.5 Å². The van der Waals surface area contributed by atoms with E-state index < -0.39 is 5.41 Å². The number of carbonyl (C=O) groups is 1. The molecule has 3 rings (SSSR count). The fourth-order valence-electron chi connectivity index (χ4n) is 3.39. The number of nitrogens with one attached hydrogen (secondary N) is 1. The summed E-state index contributed by atoms with van der Waals surface area (Å²) in [6.45, 7) is 3.67. The fourth-order valence-corrected chi connectivity index (χ4v) is 4.29. The fraction of sp³-hybridized carbons (Fsp3) is 0.316. The van der Waals surface area contributed by atoms with Gasteiger partial charge in [0, 0.05) is 15.7 Å². The van der Waals surface area contributed by atoms with Gasteiger partial charge in [-0.15, -0.1) is 0 Å².